The lowest BCUT2D eigenvalue weighted by Crippen LogP contribution is -1.94. The minimum atomic E-state index is 0.822. The largest absolute Gasteiger partial charge is 0.482 e. The van der Waals surface area contributed by atoms with Crippen molar-refractivity contribution in [1.82, 2.24) is 9.38 Å². The Morgan fingerprint density at radius 3 is 3.00 bits per heavy atom. The van der Waals surface area contributed by atoms with Gasteiger partial charge in [0.05, 0.1) is 7.11 Å². The summed E-state index contributed by atoms with van der Waals surface area (Å²) in [7, 11) is 1.66. The second kappa shape index (κ2) is 2.52. The molecule has 2 heterocycles. The summed E-state index contributed by atoms with van der Waals surface area (Å²) < 4.78 is 7.16. The van der Waals surface area contributed by atoms with Crippen molar-refractivity contribution in [2.24, 2.45) is 0 Å². The van der Waals surface area contributed by atoms with Gasteiger partial charge < -0.3 is 4.74 Å². The molecule has 0 aliphatic heterocycles. The Bertz CT molecular complexity index is 406. The molecule has 0 saturated carbocycles. The molecule has 0 amide bonds. The zero-order valence-electron chi connectivity index (χ0n) is 7.11. The predicted octanol–water partition coefficient (Wildman–Crippen LogP) is 1.65. The van der Waals surface area contributed by atoms with Crippen LogP contribution in [0.5, 0.6) is 5.88 Å². The minimum absolute atomic E-state index is 0.822. The van der Waals surface area contributed by atoms with E-state index in [4.69, 9.17) is 4.74 Å². The molecule has 0 bridgehead atoms. The lowest BCUT2D eigenvalue weighted by Gasteiger charge is -2.03. The molecule has 0 fully saturated rings. The first-order valence-electron chi connectivity index (χ1n) is 3.80. The van der Waals surface area contributed by atoms with Gasteiger partial charge in [-0.05, 0) is 19.1 Å². The first-order valence-corrected chi connectivity index (χ1v) is 3.80. The summed E-state index contributed by atoms with van der Waals surface area (Å²) in [5.41, 5.74) is 2.01. The monoisotopic (exact) mass is 162 g/mol. The molecule has 62 valence electrons. The molecular weight excluding hydrogens is 152 g/mol. The van der Waals surface area contributed by atoms with Gasteiger partial charge in [0, 0.05) is 11.9 Å². The molecule has 0 spiro atoms. The number of ether oxygens (including phenoxy) is 1. The van der Waals surface area contributed by atoms with Crippen LogP contribution in [-0.4, -0.2) is 16.5 Å². The lowest BCUT2D eigenvalue weighted by molar-refractivity contribution is 0.391. The maximum atomic E-state index is 5.19. The van der Waals surface area contributed by atoms with E-state index in [9.17, 15) is 0 Å². The highest BCUT2D eigenvalue weighted by molar-refractivity contribution is 5.43. The van der Waals surface area contributed by atoms with Crippen molar-refractivity contribution < 1.29 is 4.74 Å². The Morgan fingerprint density at radius 2 is 2.25 bits per heavy atom. The molecule has 2 rings (SSSR count). The fourth-order valence-electron chi connectivity index (χ4n) is 1.31. The highest BCUT2D eigenvalue weighted by Gasteiger charge is 2.02. The molecular formula is C9H10N2O. The average Bonchev–Trinajstić information content (AvgIpc) is 2.48. The molecule has 0 atom stereocenters. The molecule has 0 radical (unpaired) electrons. The van der Waals surface area contributed by atoms with Gasteiger partial charge in [-0.3, -0.25) is 4.40 Å². The van der Waals surface area contributed by atoms with E-state index in [2.05, 4.69) is 4.98 Å². The van der Waals surface area contributed by atoms with Gasteiger partial charge in [0.1, 0.15) is 5.65 Å². The van der Waals surface area contributed by atoms with E-state index in [1.54, 1.807) is 7.11 Å². The summed E-state index contributed by atoms with van der Waals surface area (Å²) in [6, 6.07) is 5.80. The molecule has 0 aromatic carbocycles. The maximum Gasteiger partial charge on any atom is 0.199 e. The minimum Gasteiger partial charge on any atom is -0.482 e. The van der Waals surface area contributed by atoms with E-state index >= 15 is 0 Å². The lowest BCUT2D eigenvalue weighted by atomic mass is 10.4. The number of fused-ring (bicyclic) bond motifs is 1. The Labute approximate surface area is 70.6 Å². The Kier molecular flexibility index (Phi) is 1.50. The highest BCUT2D eigenvalue weighted by Crippen LogP contribution is 2.15. The molecule has 3 heteroatoms. The first-order chi connectivity index (χ1) is 5.83. The van der Waals surface area contributed by atoms with E-state index in [-0.39, 0.29) is 0 Å². The van der Waals surface area contributed by atoms with Crippen LogP contribution in [0.3, 0.4) is 0 Å². The van der Waals surface area contributed by atoms with Crippen LogP contribution >= 0.6 is 0 Å². The van der Waals surface area contributed by atoms with E-state index in [0.717, 1.165) is 17.2 Å². The quantitative estimate of drug-likeness (QED) is 0.637. The Balaban J connectivity index is 2.84. The van der Waals surface area contributed by atoms with Crippen molar-refractivity contribution in [1.29, 1.82) is 0 Å². The number of nitrogens with zero attached hydrogens (tertiary/aromatic N) is 2. The number of methoxy groups -OCH3 is 1. The number of hydrogen-bond donors (Lipinski definition) is 0. The average molecular weight is 162 g/mol. The van der Waals surface area contributed by atoms with Crippen LogP contribution in [0.1, 0.15) is 5.69 Å². The number of rotatable bonds is 1. The van der Waals surface area contributed by atoms with Gasteiger partial charge in [-0.2, -0.15) is 0 Å². The fraction of sp³-hybridized carbons (Fsp3) is 0.222. The van der Waals surface area contributed by atoms with E-state index in [1.165, 1.54) is 0 Å². The van der Waals surface area contributed by atoms with Gasteiger partial charge in [0.15, 0.2) is 5.88 Å². The van der Waals surface area contributed by atoms with Crippen molar-refractivity contribution in [2.45, 2.75) is 6.92 Å². The van der Waals surface area contributed by atoms with Crippen LogP contribution in [0.25, 0.3) is 5.65 Å². The van der Waals surface area contributed by atoms with Crippen molar-refractivity contribution in [3.63, 3.8) is 0 Å². The summed E-state index contributed by atoms with van der Waals surface area (Å²) in [6.07, 6.45) is 1.83. The number of pyridine rings is 1. The summed E-state index contributed by atoms with van der Waals surface area (Å²) in [5, 5.41) is 0. The fourth-order valence-corrected chi connectivity index (χ4v) is 1.31. The summed E-state index contributed by atoms with van der Waals surface area (Å²) >= 11 is 0. The third kappa shape index (κ3) is 0.863. The van der Waals surface area contributed by atoms with Crippen molar-refractivity contribution >= 4 is 5.65 Å². The maximum absolute atomic E-state index is 5.19. The first kappa shape index (κ1) is 7.16. The van der Waals surface area contributed by atoms with E-state index in [1.807, 2.05) is 35.7 Å². The summed E-state index contributed by atoms with van der Waals surface area (Å²) in [6.45, 7) is 2.00. The molecule has 0 aliphatic carbocycles. The molecule has 3 nitrogen and oxygen atoms in total. The normalized spacial score (nSPS) is 10.5. The highest BCUT2D eigenvalue weighted by atomic mass is 16.5. The molecule has 0 N–H and O–H groups in total. The standard InChI is InChI=1S/C9H10N2O/c1-7-6-10-8-4-3-5-9(12-2)11(7)8/h3-6H,1-2H3. The van der Waals surface area contributed by atoms with Crippen LogP contribution < -0.4 is 4.74 Å². The molecule has 0 aliphatic rings. The topological polar surface area (TPSA) is 26.5 Å². The van der Waals surface area contributed by atoms with Gasteiger partial charge in [-0.1, -0.05) is 6.07 Å². The van der Waals surface area contributed by atoms with Crippen molar-refractivity contribution in [3.8, 4) is 5.88 Å². The van der Waals surface area contributed by atoms with Crippen LogP contribution in [0.4, 0.5) is 0 Å². The van der Waals surface area contributed by atoms with Crippen molar-refractivity contribution in [2.75, 3.05) is 7.11 Å². The summed E-state index contributed by atoms with van der Waals surface area (Å²) in [4.78, 5) is 4.21. The third-order valence-electron chi connectivity index (χ3n) is 1.88. The van der Waals surface area contributed by atoms with Crippen LogP contribution in [0, 0.1) is 6.92 Å². The van der Waals surface area contributed by atoms with Crippen LogP contribution in [0.2, 0.25) is 0 Å². The molecule has 2 aromatic rings. The van der Waals surface area contributed by atoms with Gasteiger partial charge in [-0.25, -0.2) is 4.98 Å². The third-order valence-corrected chi connectivity index (χ3v) is 1.88. The molecule has 0 unspecified atom stereocenters. The molecule has 12 heavy (non-hydrogen) atoms. The second-order valence-corrected chi connectivity index (χ2v) is 2.66. The number of aromatic nitrogens is 2. The Hall–Kier alpha value is -1.51. The van der Waals surface area contributed by atoms with E-state index < -0.39 is 0 Å². The van der Waals surface area contributed by atoms with Gasteiger partial charge in [-0.15, -0.1) is 0 Å². The second-order valence-electron chi connectivity index (χ2n) is 2.66. The number of hydrogen-bond acceptors (Lipinski definition) is 2. The van der Waals surface area contributed by atoms with E-state index in [0.29, 0.717) is 0 Å². The van der Waals surface area contributed by atoms with Crippen LogP contribution in [-0.2, 0) is 0 Å². The molecule has 0 saturated heterocycles. The number of aryl methyl sites for hydroxylation is 1. The van der Waals surface area contributed by atoms with Crippen molar-refractivity contribution in [3.05, 3.63) is 30.1 Å². The van der Waals surface area contributed by atoms with Gasteiger partial charge in [0.2, 0.25) is 0 Å². The molecule has 2 aromatic heterocycles. The number of imidazole rings is 1. The van der Waals surface area contributed by atoms with Gasteiger partial charge in [0.25, 0.3) is 0 Å². The van der Waals surface area contributed by atoms with Gasteiger partial charge >= 0.3 is 0 Å². The van der Waals surface area contributed by atoms with Crippen LogP contribution in [0.15, 0.2) is 24.4 Å². The zero-order valence-corrected chi connectivity index (χ0v) is 7.11. The SMILES string of the molecule is COc1cccc2ncc(C)n12. The Morgan fingerprint density at radius 1 is 1.42 bits per heavy atom. The predicted molar refractivity (Wildman–Crippen MR) is 46.5 cm³/mol. The smallest absolute Gasteiger partial charge is 0.199 e. The summed E-state index contributed by atoms with van der Waals surface area (Å²) in [5.74, 6) is 0.822. The zero-order chi connectivity index (χ0) is 8.55.